The van der Waals surface area contributed by atoms with Gasteiger partial charge in [-0.25, -0.2) is 4.39 Å². The van der Waals surface area contributed by atoms with Crippen molar-refractivity contribution >= 4 is 0 Å². The van der Waals surface area contributed by atoms with Gasteiger partial charge in [-0.1, -0.05) is 52.4 Å². The van der Waals surface area contributed by atoms with Crippen molar-refractivity contribution in [1.82, 2.24) is 0 Å². The molecule has 0 N–H and O–H groups in total. The lowest BCUT2D eigenvalue weighted by atomic mass is 9.47. The number of unbranched alkanes of at least 4 members (excludes halogenated alkanes) is 3. The lowest BCUT2D eigenvalue weighted by molar-refractivity contribution is -0.0899. The van der Waals surface area contributed by atoms with Crippen LogP contribution in [-0.2, 0) is 0 Å². The van der Waals surface area contributed by atoms with E-state index < -0.39 is 6.17 Å². The number of fused-ring (bicyclic) bond motifs is 3. The fourth-order valence-electron chi connectivity index (χ4n) is 6.61. The molecule has 0 radical (unpaired) electrons. The first-order valence-corrected chi connectivity index (χ1v) is 11.3. The van der Waals surface area contributed by atoms with Gasteiger partial charge < -0.3 is 0 Å². The fourth-order valence-corrected chi connectivity index (χ4v) is 6.61. The zero-order chi connectivity index (χ0) is 17.0. The van der Waals surface area contributed by atoms with Crippen molar-refractivity contribution in [3.05, 3.63) is 0 Å². The summed E-state index contributed by atoms with van der Waals surface area (Å²) in [7, 11) is 0. The summed E-state index contributed by atoms with van der Waals surface area (Å²) in [5.41, 5.74) is 1.07. The van der Waals surface area contributed by atoms with Crippen LogP contribution in [0.4, 0.5) is 4.39 Å². The average Bonchev–Trinajstić information content (AvgIpc) is 2.62. The van der Waals surface area contributed by atoms with Gasteiger partial charge in [-0.05, 0) is 86.9 Å². The van der Waals surface area contributed by atoms with Gasteiger partial charge in [0.1, 0.15) is 6.17 Å². The molecule has 0 aromatic heterocycles. The SMILES string of the molecule is CCCCCC12CCC(C3CC[C@H](CCCC)C[C@H]3F)(CC1)CC2. The lowest BCUT2D eigenvalue weighted by Crippen LogP contribution is -2.49. The van der Waals surface area contributed by atoms with Gasteiger partial charge in [0.25, 0.3) is 0 Å². The van der Waals surface area contributed by atoms with E-state index in [-0.39, 0.29) is 0 Å². The molecule has 0 saturated heterocycles. The molecule has 1 heteroatoms. The summed E-state index contributed by atoms with van der Waals surface area (Å²) < 4.78 is 15.1. The van der Waals surface area contributed by atoms with Crippen LogP contribution in [0.3, 0.4) is 0 Å². The van der Waals surface area contributed by atoms with Crippen LogP contribution < -0.4 is 0 Å². The second kappa shape index (κ2) is 8.09. The van der Waals surface area contributed by atoms with Gasteiger partial charge in [-0.2, -0.15) is 0 Å². The summed E-state index contributed by atoms with van der Waals surface area (Å²) in [6, 6.07) is 0. The highest BCUT2D eigenvalue weighted by Gasteiger charge is 2.53. The van der Waals surface area contributed by atoms with E-state index in [9.17, 15) is 0 Å². The summed E-state index contributed by atoms with van der Waals surface area (Å²) in [6.07, 6.45) is 20.7. The molecule has 4 aliphatic rings. The summed E-state index contributed by atoms with van der Waals surface area (Å²) >= 11 is 0. The number of hydrogen-bond donors (Lipinski definition) is 0. The first-order valence-electron chi connectivity index (χ1n) is 11.3. The van der Waals surface area contributed by atoms with Crippen LogP contribution in [0.25, 0.3) is 0 Å². The lowest BCUT2D eigenvalue weighted by Gasteiger charge is -2.58. The normalized spacial score (nSPS) is 42.4. The summed E-state index contributed by atoms with van der Waals surface area (Å²) in [5.74, 6) is 1.09. The Balaban J connectivity index is 1.54. The molecular formula is C23H41F. The van der Waals surface area contributed by atoms with E-state index in [4.69, 9.17) is 0 Å². The predicted molar refractivity (Wildman–Crippen MR) is 102 cm³/mol. The van der Waals surface area contributed by atoms with Gasteiger partial charge in [-0.3, -0.25) is 0 Å². The van der Waals surface area contributed by atoms with Crippen LogP contribution in [0.5, 0.6) is 0 Å². The summed E-state index contributed by atoms with van der Waals surface area (Å²) in [4.78, 5) is 0. The standard InChI is InChI=1S/C23H41F/c1-3-5-7-11-22-12-15-23(16-13-22,17-14-22)20-10-9-19(8-6-4-2)18-21(20)24/h19-21H,3-18H2,1-2H3/t19-,20?,21+,22?,23?/m0/s1. The third-order valence-corrected chi connectivity index (χ3v) is 8.40. The van der Waals surface area contributed by atoms with Crippen LogP contribution in [0, 0.1) is 22.7 Å². The molecule has 0 nitrogen and oxygen atoms in total. The largest absolute Gasteiger partial charge is 0.247 e. The van der Waals surface area contributed by atoms with Gasteiger partial charge >= 0.3 is 0 Å². The minimum atomic E-state index is -0.494. The van der Waals surface area contributed by atoms with Gasteiger partial charge in [0.2, 0.25) is 0 Å². The Labute approximate surface area is 150 Å². The van der Waals surface area contributed by atoms with Crippen LogP contribution in [0.15, 0.2) is 0 Å². The monoisotopic (exact) mass is 336 g/mol. The van der Waals surface area contributed by atoms with Crippen LogP contribution in [0.2, 0.25) is 0 Å². The first-order chi connectivity index (χ1) is 11.6. The Morgan fingerprint density at radius 3 is 2.08 bits per heavy atom. The zero-order valence-electron chi connectivity index (χ0n) is 16.4. The minimum Gasteiger partial charge on any atom is -0.247 e. The number of rotatable bonds is 8. The van der Waals surface area contributed by atoms with Crippen LogP contribution >= 0.6 is 0 Å². The number of alkyl halides is 1. The van der Waals surface area contributed by atoms with Crippen molar-refractivity contribution in [1.29, 1.82) is 0 Å². The summed E-state index contributed by atoms with van der Waals surface area (Å²) in [6.45, 7) is 4.57. The summed E-state index contributed by atoms with van der Waals surface area (Å²) in [5, 5.41) is 0. The van der Waals surface area contributed by atoms with Gasteiger partial charge in [0.05, 0.1) is 0 Å². The number of hydrogen-bond acceptors (Lipinski definition) is 0. The molecule has 2 bridgehead atoms. The second-order valence-electron chi connectivity index (χ2n) is 9.76. The molecule has 0 spiro atoms. The minimum absolute atomic E-state index is 0.404. The molecule has 0 amide bonds. The Morgan fingerprint density at radius 2 is 1.50 bits per heavy atom. The first kappa shape index (κ1) is 18.7. The third kappa shape index (κ3) is 3.85. The maximum absolute atomic E-state index is 15.1. The molecule has 4 aliphatic carbocycles. The van der Waals surface area contributed by atoms with Crippen molar-refractivity contribution in [2.24, 2.45) is 22.7 Å². The molecule has 140 valence electrons. The molecule has 24 heavy (non-hydrogen) atoms. The number of halogens is 1. The quantitative estimate of drug-likeness (QED) is 0.396. The van der Waals surface area contributed by atoms with E-state index in [1.54, 1.807) is 0 Å². The van der Waals surface area contributed by atoms with Gasteiger partial charge in [0, 0.05) is 0 Å². The van der Waals surface area contributed by atoms with Gasteiger partial charge in [0.15, 0.2) is 0 Å². The van der Waals surface area contributed by atoms with E-state index in [1.807, 2.05) is 0 Å². The highest BCUT2D eigenvalue weighted by molar-refractivity contribution is 5.04. The van der Waals surface area contributed by atoms with Crippen molar-refractivity contribution < 1.29 is 4.39 Å². The Hall–Kier alpha value is -0.0700. The maximum atomic E-state index is 15.1. The van der Waals surface area contributed by atoms with Crippen LogP contribution in [0.1, 0.15) is 117 Å². The average molecular weight is 337 g/mol. The van der Waals surface area contributed by atoms with Gasteiger partial charge in [-0.15, -0.1) is 0 Å². The highest BCUT2D eigenvalue weighted by Crippen LogP contribution is 2.63. The molecule has 0 aromatic carbocycles. The van der Waals surface area contributed by atoms with Crippen molar-refractivity contribution in [3.63, 3.8) is 0 Å². The topological polar surface area (TPSA) is 0 Å². The second-order valence-corrected chi connectivity index (χ2v) is 9.76. The molecule has 4 fully saturated rings. The molecular weight excluding hydrogens is 295 g/mol. The third-order valence-electron chi connectivity index (χ3n) is 8.40. The molecule has 4 rings (SSSR count). The fraction of sp³-hybridized carbons (Fsp3) is 1.00. The predicted octanol–water partition coefficient (Wildman–Crippen LogP) is 7.85. The Morgan fingerprint density at radius 1 is 0.833 bits per heavy atom. The molecule has 1 unspecified atom stereocenters. The van der Waals surface area contributed by atoms with Crippen molar-refractivity contribution in [2.75, 3.05) is 0 Å². The van der Waals surface area contributed by atoms with E-state index in [0.29, 0.717) is 22.7 Å². The zero-order valence-corrected chi connectivity index (χ0v) is 16.4. The van der Waals surface area contributed by atoms with E-state index in [0.717, 1.165) is 6.42 Å². The van der Waals surface area contributed by atoms with E-state index in [2.05, 4.69) is 13.8 Å². The molecule has 0 heterocycles. The molecule has 0 aliphatic heterocycles. The molecule has 3 atom stereocenters. The molecule has 0 aromatic rings. The van der Waals surface area contributed by atoms with Crippen LogP contribution in [-0.4, -0.2) is 6.17 Å². The van der Waals surface area contributed by atoms with Crippen molar-refractivity contribution in [3.8, 4) is 0 Å². The smallest absolute Gasteiger partial charge is 0.104 e. The highest BCUT2D eigenvalue weighted by atomic mass is 19.1. The van der Waals surface area contributed by atoms with E-state index in [1.165, 1.54) is 96.3 Å². The van der Waals surface area contributed by atoms with E-state index >= 15 is 4.39 Å². The molecule has 4 saturated carbocycles. The van der Waals surface area contributed by atoms with Crippen molar-refractivity contribution in [2.45, 2.75) is 123 Å². The Kier molecular flexibility index (Phi) is 6.30. The maximum Gasteiger partial charge on any atom is 0.104 e. The Bertz CT molecular complexity index is 363.